The van der Waals surface area contributed by atoms with Gasteiger partial charge in [-0.25, -0.2) is 4.79 Å². The zero-order valence-corrected chi connectivity index (χ0v) is 11.3. The Hall–Kier alpha value is -1.97. The fourth-order valence-corrected chi connectivity index (χ4v) is 2.19. The summed E-state index contributed by atoms with van der Waals surface area (Å²) in [7, 11) is 1.64. The van der Waals surface area contributed by atoms with Crippen LogP contribution < -0.4 is 9.64 Å². The maximum atomic E-state index is 12.0. The Bertz CT molecular complexity index is 453. The Balaban J connectivity index is 2.19. The molecule has 0 spiro atoms. The molecule has 0 saturated carbocycles. The van der Waals surface area contributed by atoms with Gasteiger partial charge >= 0.3 is 5.97 Å². The van der Waals surface area contributed by atoms with Gasteiger partial charge in [-0.2, -0.15) is 0 Å². The van der Waals surface area contributed by atoms with E-state index in [4.69, 9.17) is 9.47 Å². The molecule has 0 aromatic heterocycles. The zero-order valence-electron chi connectivity index (χ0n) is 11.3. The van der Waals surface area contributed by atoms with Crippen LogP contribution in [0.4, 0.5) is 5.69 Å². The molecule has 1 heterocycles. The number of hydrogen-bond donors (Lipinski definition) is 0. The number of anilines is 1. The highest BCUT2D eigenvalue weighted by atomic mass is 16.5. The smallest absolute Gasteiger partial charge is 0.329 e. The number of carbonyl (C=O) groups is 1. The topological polar surface area (TPSA) is 38.8 Å². The van der Waals surface area contributed by atoms with Crippen molar-refractivity contribution < 1.29 is 14.3 Å². The van der Waals surface area contributed by atoms with Crippen molar-refractivity contribution in [2.75, 3.05) is 25.2 Å². The molecule has 1 aromatic rings. The van der Waals surface area contributed by atoms with E-state index in [9.17, 15) is 4.79 Å². The van der Waals surface area contributed by atoms with Crippen LogP contribution in [0.25, 0.3) is 0 Å². The van der Waals surface area contributed by atoms with Gasteiger partial charge in [-0.3, -0.25) is 0 Å². The lowest BCUT2D eigenvalue weighted by molar-refractivity contribution is -0.144. The van der Waals surface area contributed by atoms with E-state index in [-0.39, 0.29) is 12.0 Å². The van der Waals surface area contributed by atoms with E-state index in [1.807, 2.05) is 37.3 Å². The van der Waals surface area contributed by atoms with Gasteiger partial charge in [0.2, 0.25) is 0 Å². The molecular formula is C15H19NO3. The molecule has 0 fully saturated rings. The molecule has 0 N–H and O–H groups in total. The van der Waals surface area contributed by atoms with Crippen molar-refractivity contribution in [3.05, 3.63) is 36.4 Å². The highest BCUT2D eigenvalue weighted by Gasteiger charge is 2.27. The molecule has 2 rings (SSSR count). The maximum Gasteiger partial charge on any atom is 0.329 e. The number of esters is 1. The molecule has 0 amide bonds. The first-order chi connectivity index (χ1) is 9.26. The molecule has 19 heavy (non-hydrogen) atoms. The lowest BCUT2D eigenvalue weighted by Gasteiger charge is -2.33. The van der Waals surface area contributed by atoms with Gasteiger partial charge < -0.3 is 14.4 Å². The molecule has 0 aliphatic carbocycles. The van der Waals surface area contributed by atoms with Crippen LogP contribution in [0.1, 0.15) is 13.3 Å². The summed E-state index contributed by atoms with van der Waals surface area (Å²) >= 11 is 0. The van der Waals surface area contributed by atoms with E-state index < -0.39 is 0 Å². The monoisotopic (exact) mass is 261 g/mol. The zero-order chi connectivity index (χ0) is 13.7. The van der Waals surface area contributed by atoms with Crippen molar-refractivity contribution in [2.45, 2.75) is 19.4 Å². The van der Waals surface area contributed by atoms with Crippen molar-refractivity contribution in [1.29, 1.82) is 0 Å². The lowest BCUT2D eigenvalue weighted by atomic mass is 10.1. The summed E-state index contributed by atoms with van der Waals surface area (Å²) in [6.07, 6.45) is 4.78. The lowest BCUT2D eigenvalue weighted by Crippen LogP contribution is -2.44. The average molecular weight is 261 g/mol. The average Bonchev–Trinajstić information content (AvgIpc) is 2.47. The molecule has 4 nitrogen and oxygen atoms in total. The van der Waals surface area contributed by atoms with Gasteiger partial charge in [0.1, 0.15) is 11.8 Å². The molecule has 1 unspecified atom stereocenters. The third-order valence-electron chi connectivity index (χ3n) is 3.17. The highest BCUT2D eigenvalue weighted by Crippen LogP contribution is 2.24. The minimum atomic E-state index is -0.238. The van der Waals surface area contributed by atoms with Crippen LogP contribution in [0.3, 0.4) is 0 Å². The minimum absolute atomic E-state index is 0.164. The SMILES string of the molecule is CCOC(=O)C1CC=CCN1c1ccc(OC)cc1. The van der Waals surface area contributed by atoms with Crippen molar-refractivity contribution >= 4 is 11.7 Å². The van der Waals surface area contributed by atoms with Gasteiger partial charge in [0.05, 0.1) is 13.7 Å². The molecule has 0 radical (unpaired) electrons. The van der Waals surface area contributed by atoms with Crippen molar-refractivity contribution in [1.82, 2.24) is 0 Å². The minimum Gasteiger partial charge on any atom is -0.497 e. The largest absolute Gasteiger partial charge is 0.497 e. The summed E-state index contributed by atoms with van der Waals surface area (Å²) < 4.78 is 10.3. The number of benzene rings is 1. The number of rotatable bonds is 4. The van der Waals surface area contributed by atoms with Crippen LogP contribution >= 0.6 is 0 Å². The van der Waals surface area contributed by atoms with Crippen LogP contribution in [-0.2, 0) is 9.53 Å². The van der Waals surface area contributed by atoms with Crippen molar-refractivity contribution in [2.24, 2.45) is 0 Å². The number of nitrogens with zero attached hydrogens (tertiary/aromatic N) is 1. The van der Waals surface area contributed by atoms with E-state index >= 15 is 0 Å². The van der Waals surface area contributed by atoms with Gasteiger partial charge in [-0.15, -0.1) is 0 Å². The Morgan fingerprint density at radius 1 is 1.32 bits per heavy atom. The molecule has 1 aromatic carbocycles. The summed E-state index contributed by atoms with van der Waals surface area (Å²) in [4.78, 5) is 14.0. The summed E-state index contributed by atoms with van der Waals surface area (Å²) in [5.41, 5.74) is 1.00. The summed E-state index contributed by atoms with van der Waals surface area (Å²) in [6, 6.07) is 7.48. The van der Waals surface area contributed by atoms with E-state index in [0.717, 1.165) is 18.0 Å². The maximum absolute atomic E-state index is 12.0. The quantitative estimate of drug-likeness (QED) is 0.616. The number of carbonyl (C=O) groups excluding carboxylic acids is 1. The van der Waals surface area contributed by atoms with Crippen molar-refractivity contribution in [3.63, 3.8) is 0 Å². The molecule has 102 valence electrons. The van der Waals surface area contributed by atoms with E-state index in [0.29, 0.717) is 13.0 Å². The predicted octanol–water partition coefficient (Wildman–Crippen LogP) is 2.39. The van der Waals surface area contributed by atoms with Crippen LogP contribution in [0.15, 0.2) is 36.4 Å². The summed E-state index contributed by atoms with van der Waals surface area (Å²) in [5, 5.41) is 0. The second-order valence-electron chi connectivity index (χ2n) is 4.33. The Morgan fingerprint density at radius 2 is 2.05 bits per heavy atom. The Kier molecular flexibility index (Phi) is 4.44. The first-order valence-corrected chi connectivity index (χ1v) is 6.48. The summed E-state index contributed by atoms with van der Waals surface area (Å²) in [5.74, 6) is 0.645. The predicted molar refractivity (Wildman–Crippen MR) is 74.5 cm³/mol. The van der Waals surface area contributed by atoms with E-state index in [1.54, 1.807) is 7.11 Å². The molecule has 0 bridgehead atoms. The van der Waals surface area contributed by atoms with Gasteiger partial charge in [0, 0.05) is 12.2 Å². The highest BCUT2D eigenvalue weighted by molar-refractivity contribution is 5.81. The van der Waals surface area contributed by atoms with Crippen LogP contribution in [0, 0.1) is 0 Å². The van der Waals surface area contributed by atoms with E-state index in [2.05, 4.69) is 11.0 Å². The van der Waals surface area contributed by atoms with Crippen molar-refractivity contribution in [3.8, 4) is 5.75 Å². The molecule has 1 atom stereocenters. The number of hydrogen-bond acceptors (Lipinski definition) is 4. The molecule has 0 saturated heterocycles. The molecule has 1 aliphatic rings. The van der Waals surface area contributed by atoms with Gasteiger partial charge in [0.15, 0.2) is 0 Å². The molecule has 4 heteroatoms. The first-order valence-electron chi connectivity index (χ1n) is 6.48. The van der Waals surface area contributed by atoms with Crippen LogP contribution in [-0.4, -0.2) is 32.3 Å². The second kappa shape index (κ2) is 6.27. The number of ether oxygens (including phenoxy) is 2. The Morgan fingerprint density at radius 3 is 2.68 bits per heavy atom. The normalized spacial score (nSPS) is 18.2. The Labute approximate surface area is 113 Å². The molecule has 1 aliphatic heterocycles. The summed E-state index contributed by atoms with van der Waals surface area (Å²) in [6.45, 7) is 2.96. The number of methoxy groups -OCH3 is 1. The second-order valence-corrected chi connectivity index (χ2v) is 4.33. The third kappa shape index (κ3) is 3.08. The van der Waals surface area contributed by atoms with Gasteiger partial charge in [0.25, 0.3) is 0 Å². The first kappa shape index (κ1) is 13.5. The fraction of sp³-hybridized carbons (Fsp3) is 0.400. The van der Waals surface area contributed by atoms with Gasteiger partial charge in [-0.05, 0) is 37.6 Å². The van der Waals surface area contributed by atoms with Crippen LogP contribution in [0.5, 0.6) is 5.75 Å². The fourth-order valence-electron chi connectivity index (χ4n) is 2.19. The standard InChI is InChI=1S/C15H19NO3/c1-3-19-15(17)14-6-4-5-11-16(14)12-7-9-13(18-2)10-8-12/h4-5,7-10,14H,3,6,11H2,1-2H3. The van der Waals surface area contributed by atoms with E-state index in [1.165, 1.54) is 0 Å². The van der Waals surface area contributed by atoms with Crippen LogP contribution in [0.2, 0.25) is 0 Å². The molecular weight excluding hydrogens is 242 g/mol. The third-order valence-corrected chi connectivity index (χ3v) is 3.17. The van der Waals surface area contributed by atoms with Gasteiger partial charge in [-0.1, -0.05) is 12.2 Å².